The first-order chi connectivity index (χ1) is 11.2. The summed E-state index contributed by atoms with van der Waals surface area (Å²) in [6, 6.07) is 8.58. The first kappa shape index (κ1) is 14.8. The molecule has 2 aliphatic heterocycles. The van der Waals surface area contributed by atoms with Crippen LogP contribution >= 0.6 is 0 Å². The Morgan fingerprint density at radius 1 is 1.30 bits per heavy atom. The number of hydrogen-bond donors (Lipinski definition) is 2. The standard InChI is InChI=1S/C19H26N4/c1-13(2)7-8-23-17-4-5-18(23)11-16(10-17)21-15-3-6-19-14(9-15)12-20-22-19/h3,6-7,9,12,16-18,21H,4-5,8,10-11H2,1-2H3,(H,20,22). The lowest BCUT2D eigenvalue weighted by Gasteiger charge is -2.39. The summed E-state index contributed by atoms with van der Waals surface area (Å²) in [7, 11) is 0. The number of H-pyrrole nitrogens is 1. The van der Waals surface area contributed by atoms with Crippen LogP contribution in [0, 0.1) is 0 Å². The summed E-state index contributed by atoms with van der Waals surface area (Å²) < 4.78 is 0. The first-order valence-electron chi connectivity index (χ1n) is 8.78. The molecule has 23 heavy (non-hydrogen) atoms. The maximum Gasteiger partial charge on any atom is 0.0651 e. The number of anilines is 1. The minimum absolute atomic E-state index is 0.597. The number of benzene rings is 1. The van der Waals surface area contributed by atoms with E-state index in [-0.39, 0.29) is 0 Å². The second-order valence-corrected chi connectivity index (χ2v) is 7.35. The van der Waals surface area contributed by atoms with Crippen LogP contribution in [-0.2, 0) is 0 Å². The number of nitrogens with one attached hydrogen (secondary N) is 2. The number of piperidine rings is 1. The molecule has 2 saturated heterocycles. The molecule has 2 bridgehead atoms. The molecule has 0 spiro atoms. The van der Waals surface area contributed by atoms with Crippen LogP contribution < -0.4 is 5.32 Å². The number of aromatic amines is 1. The molecule has 4 rings (SSSR count). The summed E-state index contributed by atoms with van der Waals surface area (Å²) in [5.41, 5.74) is 3.76. The number of rotatable bonds is 4. The number of allylic oxidation sites excluding steroid dienone is 1. The lowest BCUT2D eigenvalue weighted by molar-refractivity contribution is 0.148. The highest BCUT2D eigenvalue weighted by atomic mass is 15.2. The van der Waals surface area contributed by atoms with Gasteiger partial charge in [-0.15, -0.1) is 0 Å². The first-order valence-corrected chi connectivity index (χ1v) is 8.78. The Hall–Kier alpha value is -1.81. The highest BCUT2D eigenvalue weighted by Crippen LogP contribution is 2.36. The third-order valence-electron chi connectivity index (χ3n) is 5.41. The lowest BCUT2D eigenvalue weighted by Crippen LogP contribution is -2.46. The van der Waals surface area contributed by atoms with Gasteiger partial charge in [0.05, 0.1) is 11.7 Å². The van der Waals surface area contributed by atoms with E-state index >= 15 is 0 Å². The van der Waals surface area contributed by atoms with Gasteiger partial charge >= 0.3 is 0 Å². The summed E-state index contributed by atoms with van der Waals surface area (Å²) in [6.07, 6.45) is 9.52. The zero-order chi connectivity index (χ0) is 15.8. The van der Waals surface area contributed by atoms with E-state index < -0.39 is 0 Å². The van der Waals surface area contributed by atoms with Crippen molar-refractivity contribution in [2.45, 2.75) is 57.7 Å². The van der Waals surface area contributed by atoms with Gasteiger partial charge in [0.2, 0.25) is 0 Å². The zero-order valence-corrected chi connectivity index (χ0v) is 14.0. The van der Waals surface area contributed by atoms with Crippen molar-refractivity contribution in [2.24, 2.45) is 0 Å². The fourth-order valence-electron chi connectivity index (χ4n) is 4.25. The molecule has 0 amide bonds. The minimum atomic E-state index is 0.597. The molecule has 1 aromatic heterocycles. The van der Waals surface area contributed by atoms with E-state index in [1.165, 1.54) is 42.3 Å². The van der Waals surface area contributed by atoms with Gasteiger partial charge in [0.25, 0.3) is 0 Å². The molecule has 2 atom stereocenters. The third kappa shape index (κ3) is 3.00. The van der Waals surface area contributed by atoms with E-state index in [1.54, 1.807) is 0 Å². The predicted octanol–water partition coefficient (Wildman–Crippen LogP) is 3.94. The number of fused-ring (bicyclic) bond motifs is 3. The van der Waals surface area contributed by atoms with Crippen molar-refractivity contribution < 1.29 is 0 Å². The molecule has 4 nitrogen and oxygen atoms in total. The second-order valence-electron chi connectivity index (χ2n) is 7.35. The highest BCUT2D eigenvalue weighted by molar-refractivity contribution is 5.81. The Morgan fingerprint density at radius 3 is 2.83 bits per heavy atom. The Labute approximate surface area is 137 Å². The quantitative estimate of drug-likeness (QED) is 0.841. The van der Waals surface area contributed by atoms with E-state index in [1.807, 2.05) is 6.20 Å². The Kier molecular flexibility index (Phi) is 3.85. The molecule has 2 unspecified atom stereocenters. The van der Waals surface area contributed by atoms with E-state index in [0.29, 0.717) is 6.04 Å². The van der Waals surface area contributed by atoms with Crippen molar-refractivity contribution in [1.82, 2.24) is 15.1 Å². The fraction of sp³-hybridized carbons (Fsp3) is 0.526. The molecule has 2 aliphatic rings. The van der Waals surface area contributed by atoms with Gasteiger partial charge in [-0.1, -0.05) is 11.6 Å². The van der Waals surface area contributed by atoms with Crippen molar-refractivity contribution in [3.05, 3.63) is 36.0 Å². The van der Waals surface area contributed by atoms with Gasteiger partial charge in [0, 0.05) is 35.7 Å². The van der Waals surface area contributed by atoms with Gasteiger partial charge in [0.1, 0.15) is 0 Å². The van der Waals surface area contributed by atoms with Crippen LogP contribution in [0.5, 0.6) is 0 Å². The molecule has 0 radical (unpaired) electrons. The molecular weight excluding hydrogens is 284 g/mol. The Morgan fingerprint density at radius 2 is 2.09 bits per heavy atom. The molecular formula is C19H26N4. The monoisotopic (exact) mass is 310 g/mol. The van der Waals surface area contributed by atoms with Crippen LogP contribution in [0.15, 0.2) is 36.0 Å². The molecule has 2 aromatic rings. The van der Waals surface area contributed by atoms with E-state index in [4.69, 9.17) is 0 Å². The zero-order valence-electron chi connectivity index (χ0n) is 14.0. The average molecular weight is 310 g/mol. The minimum Gasteiger partial charge on any atom is -0.382 e. The maximum absolute atomic E-state index is 4.10. The van der Waals surface area contributed by atoms with Crippen molar-refractivity contribution >= 4 is 16.6 Å². The van der Waals surface area contributed by atoms with Crippen LogP contribution in [-0.4, -0.2) is 39.8 Å². The van der Waals surface area contributed by atoms with Gasteiger partial charge in [-0.2, -0.15) is 5.10 Å². The Balaban J connectivity index is 1.43. The molecule has 3 heterocycles. The van der Waals surface area contributed by atoms with Crippen molar-refractivity contribution in [2.75, 3.05) is 11.9 Å². The number of aromatic nitrogens is 2. The summed E-state index contributed by atoms with van der Waals surface area (Å²) in [5, 5.41) is 12.1. The van der Waals surface area contributed by atoms with Gasteiger partial charge in [-0.25, -0.2) is 0 Å². The van der Waals surface area contributed by atoms with E-state index in [0.717, 1.165) is 24.1 Å². The van der Waals surface area contributed by atoms with E-state index in [2.05, 4.69) is 58.5 Å². The van der Waals surface area contributed by atoms with Crippen LogP contribution in [0.25, 0.3) is 10.9 Å². The van der Waals surface area contributed by atoms with Crippen LogP contribution in [0.3, 0.4) is 0 Å². The summed E-state index contributed by atoms with van der Waals surface area (Å²) >= 11 is 0. The second kappa shape index (κ2) is 6.00. The van der Waals surface area contributed by atoms with Gasteiger partial charge < -0.3 is 5.32 Å². The van der Waals surface area contributed by atoms with Gasteiger partial charge in [0.15, 0.2) is 0 Å². The maximum atomic E-state index is 4.10. The highest BCUT2D eigenvalue weighted by Gasteiger charge is 2.39. The lowest BCUT2D eigenvalue weighted by atomic mass is 9.96. The Bertz CT molecular complexity index is 699. The largest absolute Gasteiger partial charge is 0.382 e. The van der Waals surface area contributed by atoms with Crippen LogP contribution in [0.4, 0.5) is 5.69 Å². The molecule has 122 valence electrons. The molecule has 0 saturated carbocycles. The van der Waals surface area contributed by atoms with Crippen molar-refractivity contribution in [1.29, 1.82) is 0 Å². The van der Waals surface area contributed by atoms with Crippen LogP contribution in [0.1, 0.15) is 39.5 Å². The average Bonchev–Trinajstić information content (AvgIpc) is 3.07. The topological polar surface area (TPSA) is 44.0 Å². The molecule has 0 aliphatic carbocycles. The van der Waals surface area contributed by atoms with Gasteiger partial charge in [-0.3, -0.25) is 10.00 Å². The van der Waals surface area contributed by atoms with Crippen LogP contribution in [0.2, 0.25) is 0 Å². The SMILES string of the molecule is CC(C)=CCN1C2CCC1CC(Nc1ccc3[nH]ncc3c1)C2. The van der Waals surface area contributed by atoms with Crippen molar-refractivity contribution in [3.8, 4) is 0 Å². The molecule has 2 fully saturated rings. The number of nitrogens with zero attached hydrogens (tertiary/aromatic N) is 2. The molecule has 4 heteroatoms. The normalized spacial score (nSPS) is 27.3. The summed E-state index contributed by atoms with van der Waals surface area (Å²) in [6.45, 7) is 5.52. The van der Waals surface area contributed by atoms with Crippen molar-refractivity contribution in [3.63, 3.8) is 0 Å². The summed E-state index contributed by atoms with van der Waals surface area (Å²) in [5.74, 6) is 0. The van der Waals surface area contributed by atoms with Gasteiger partial charge in [-0.05, 0) is 57.7 Å². The smallest absolute Gasteiger partial charge is 0.0651 e. The summed E-state index contributed by atoms with van der Waals surface area (Å²) in [4.78, 5) is 2.73. The third-order valence-corrected chi connectivity index (χ3v) is 5.41. The predicted molar refractivity (Wildman–Crippen MR) is 95.7 cm³/mol. The van der Waals surface area contributed by atoms with E-state index in [9.17, 15) is 0 Å². The molecule has 1 aromatic carbocycles. The molecule has 2 N–H and O–H groups in total. The number of hydrogen-bond acceptors (Lipinski definition) is 3. The fourth-order valence-corrected chi connectivity index (χ4v) is 4.25.